The molecule has 0 bridgehead atoms. The van der Waals surface area contributed by atoms with Crippen molar-refractivity contribution < 1.29 is 13.2 Å². The SMILES string of the molecule is CCl.NNc1cc(F)cc(F)c1F. The fourth-order valence-electron chi connectivity index (χ4n) is 0.661. The van der Waals surface area contributed by atoms with Crippen molar-refractivity contribution in [2.24, 2.45) is 5.84 Å². The average Bonchev–Trinajstić information content (AvgIpc) is 2.14. The van der Waals surface area contributed by atoms with Gasteiger partial charge in [-0.2, -0.15) is 0 Å². The number of nitrogens with one attached hydrogen (secondary N) is 1. The molecule has 0 atom stereocenters. The Morgan fingerprint density at radius 2 is 1.77 bits per heavy atom. The lowest BCUT2D eigenvalue weighted by atomic mass is 10.3. The van der Waals surface area contributed by atoms with Gasteiger partial charge in [-0.25, -0.2) is 13.2 Å². The third-order valence-corrected chi connectivity index (χ3v) is 1.15. The van der Waals surface area contributed by atoms with Crippen molar-refractivity contribution in [3.8, 4) is 0 Å². The first kappa shape index (κ1) is 12.1. The van der Waals surface area contributed by atoms with Crippen molar-refractivity contribution in [1.82, 2.24) is 0 Å². The summed E-state index contributed by atoms with van der Waals surface area (Å²) in [6.45, 7) is 0. The van der Waals surface area contributed by atoms with E-state index in [0.717, 1.165) is 6.07 Å². The Kier molecular flexibility index (Phi) is 5.25. The molecule has 3 N–H and O–H groups in total. The highest BCUT2D eigenvalue weighted by Crippen LogP contribution is 2.17. The number of anilines is 1. The quantitative estimate of drug-likeness (QED) is 0.324. The monoisotopic (exact) mass is 212 g/mol. The average molecular weight is 213 g/mol. The first-order valence-corrected chi connectivity index (χ1v) is 3.89. The van der Waals surface area contributed by atoms with E-state index >= 15 is 0 Å². The van der Waals surface area contributed by atoms with Crippen LogP contribution >= 0.6 is 11.6 Å². The lowest BCUT2D eigenvalue weighted by Gasteiger charge is -2.01. The van der Waals surface area contributed by atoms with Crippen LogP contribution in [0.1, 0.15) is 0 Å². The van der Waals surface area contributed by atoms with Gasteiger partial charge < -0.3 is 5.43 Å². The van der Waals surface area contributed by atoms with Gasteiger partial charge in [-0.3, -0.25) is 5.84 Å². The number of hydrogen-bond acceptors (Lipinski definition) is 2. The van der Waals surface area contributed by atoms with Gasteiger partial charge in [0, 0.05) is 18.5 Å². The molecule has 1 aromatic rings. The second-order valence-corrected chi connectivity index (χ2v) is 1.89. The van der Waals surface area contributed by atoms with Crippen LogP contribution in [0, 0.1) is 17.5 Å². The number of hydrogen-bond donors (Lipinski definition) is 2. The summed E-state index contributed by atoms with van der Waals surface area (Å²) in [6.07, 6.45) is 1.47. The molecular weight excluding hydrogens is 205 g/mol. The minimum absolute atomic E-state index is 0.400. The summed E-state index contributed by atoms with van der Waals surface area (Å²) in [5, 5.41) is 0. The van der Waals surface area contributed by atoms with Gasteiger partial charge in [0.25, 0.3) is 0 Å². The van der Waals surface area contributed by atoms with Gasteiger partial charge in [-0.05, 0) is 0 Å². The molecule has 1 rings (SSSR count). The maximum atomic E-state index is 12.5. The molecule has 0 aliphatic heterocycles. The van der Waals surface area contributed by atoms with Crippen LogP contribution in [0.2, 0.25) is 0 Å². The first-order valence-electron chi connectivity index (χ1n) is 3.14. The molecule has 74 valence electrons. The molecule has 0 fully saturated rings. The number of halogens is 4. The smallest absolute Gasteiger partial charge is 0.183 e. The maximum Gasteiger partial charge on any atom is 0.183 e. The van der Waals surface area contributed by atoms with Gasteiger partial charge in [0.1, 0.15) is 5.82 Å². The highest BCUT2D eigenvalue weighted by Gasteiger charge is 2.08. The molecule has 0 aliphatic rings. The normalized spacial score (nSPS) is 8.77. The zero-order valence-corrected chi connectivity index (χ0v) is 7.50. The van der Waals surface area contributed by atoms with Crippen molar-refractivity contribution in [3.63, 3.8) is 0 Å². The van der Waals surface area contributed by atoms with Crippen LogP contribution in [0.4, 0.5) is 18.9 Å². The van der Waals surface area contributed by atoms with Crippen molar-refractivity contribution in [3.05, 3.63) is 29.6 Å². The molecule has 0 unspecified atom stereocenters. The second-order valence-electron chi connectivity index (χ2n) is 1.89. The second kappa shape index (κ2) is 5.66. The maximum absolute atomic E-state index is 12.5. The summed E-state index contributed by atoms with van der Waals surface area (Å²) in [6, 6.07) is 1.20. The molecular formula is C7H8ClF3N2. The summed E-state index contributed by atoms with van der Waals surface area (Å²) < 4.78 is 37.1. The van der Waals surface area contributed by atoms with Crippen LogP contribution in [-0.2, 0) is 0 Å². The fraction of sp³-hybridized carbons (Fsp3) is 0.143. The Morgan fingerprint density at radius 1 is 1.23 bits per heavy atom. The predicted molar refractivity (Wildman–Crippen MR) is 45.9 cm³/mol. The van der Waals surface area contributed by atoms with Gasteiger partial charge in [0.2, 0.25) is 0 Å². The number of nitrogens with two attached hydrogens (primary N) is 1. The number of alkyl halides is 1. The lowest BCUT2D eigenvalue weighted by Crippen LogP contribution is -2.09. The van der Waals surface area contributed by atoms with Crippen molar-refractivity contribution in [2.45, 2.75) is 0 Å². The zero-order chi connectivity index (χ0) is 10.4. The molecule has 0 spiro atoms. The summed E-state index contributed by atoms with van der Waals surface area (Å²) >= 11 is 4.64. The van der Waals surface area contributed by atoms with Gasteiger partial charge in [-0.1, -0.05) is 0 Å². The van der Waals surface area contributed by atoms with Gasteiger partial charge in [-0.15, -0.1) is 11.6 Å². The van der Waals surface area contributed by atoms with Crippen LogP contribution in [0.25, 0.3) is 0 Å². The Balaban J connectivity index is 0.000000671. The van der Waals surface area contributed by atoms with Gasteiger partial charge >= 0.3 is 0 Å². The van der Waals surface area contributed by atoms with E-state index in [1.54, 1.807) is 0 Å². The van der Waals surface area contributed by atoms with E-state index in [1.807, 2.05) is 5.43 Å². The molecule has 6 heteroatoms. The van der Waals surface area contributed by atoms with Gasteiger partial charge in [0.15, 0.2) is 11.6 Å². The Bertz CT molecular complexity index is 281. The Labute approximate surface area is 78.5 Å². The van der Waals surface area contributed by atoms with E-state index in [0.29, 0.717) is 6.07 Å². The van der Waals surface area contributed by atoms with Gasteiger partial charge in [0.05, 0.1) is 5.69 Å². The predicted octanol–water partition coefficient (Wildman–Crippen LogP) is 2.24. The minimum atomic E-state index is -1.27. The van der Waals surface area contributed by atoms with E-state index in [4.69, 9.17) is 5.84 Å². The van der Waals surface area contributed by atoms with Crippen LogP contribution in [0.15, 0.2) is 12.1 Å². The van der Waals surface area contributed by atoms with Crippen molar-refractivity contribution in [2.75, 3.05) is 11.8 Å². The Hall–Kier alpha value is -0.940. The third kappa shape index (κ3) is 3.12. The van der Waals surface area contributed by atoms with Crippen LogP contribution in [0.3, 0.4) is 0 Å². The number of rotatable bonds is 1. The molecule has 0 amide bonds. The van der Waals surface area contributed by atoms with Crippen molar-refractivity contribution in [1.29, 1.82) is 0 Å². The first-order chi connectivity index (χ1) is 6.15. The minimum Gasteiger partial charge on any atom is -0.321 e. The van der Waals surface area contributed by atoms with Crippen LogP contribution < -0.4 is 11.3 Å². The number of benzene rings is 1. The third-order valence-electron chi connectivity index (χ3n) is 1.15. The highest BCUT2D eigenvalue weighted by molar-refractivity contribution is 6.15. The van der Waals surface area contributed by atoms with E-state index in [9.17, 15) is 13.2 Å². The molecule has 0 saturated carbocycles. The molecule has 13 heavy (non-hydrogen) atoms. The van der Waals surface area contributed by atoms with Crippen LogP contribution in [0.5, 0.6) is 0 Å². The van der Waals surface area contributed by atoms with Crippen molar-refractivity contribution >= 4 is 17.3 Å². The standard InChI is InChI=1S/C6H5F3N2.CH3Cl/c7-3-1-4(8)6(9)5(2-3)11-10;1-2/h1-2,11H,10H2;1H3. The molecule has 0 radical (unpaired) electrons. The molecule has 0 saturated heterocycles. The molecule has 0 heterocycles. The van der Waals surface area contributed by atoms with E-state index in [-0.39, 0.29) is 0 Å². The molecule has 0 aromatic heterocycles. The largest absolute Gasteiger partial charge is 0.321 e. The molecule has 2 nitrogen and oxygen atoms in total. The summed E-state index contributed by atoms with van der Waals surface area (Å²) in [4.78, 5) is 0. The molecule has 0 aliphatic carbocycles. The van der Waals surface area contributed by atoms with Crippen LogP contribution in [-0.4, -0.2) is 6.38 Å². The molecule has 1 aromatic carbocycles. The van der Waals surface area contributed by atoms with E-state index in [1.165, 1.54) is 6.38 Å². The number of nitrogen functional groups attached to an aromatic ring is 1. The highest BCUT2D eigenvalue weighted by atomic mass is 35.5. The topological polar surface area (TPSA) is 38.0 Å². The Morgan fingerprint density at radius 3 is 2.23 bits per heavy atom. The van der Waals surface area contributed by atoms with E-state index < -0.39 is 23.1 Å². The number of hydrazine groups is 1. The summed E-state index contributed by atoms with van der Waals surface area (Å²) in [7, 11) is 0. The zero-order valence-electron chi connectivity index (χ0n) is 6.74. The van der Waals surface area contributed by atoms with E-state index in [2.05, 4.69) is 11.6 Å². The summed E-state index contributed by atoms with van der Waals surface area (Å²) in [5.74, 6) is 1.44. The lowest BCUT2D eigenvalue weighted by molar-refractivity contribution is 0.497. The summed E-state index contributed by atoms with van der Waals surface area (Å²) in [5.41, 5.74) is 1.42. The fourth-order valence-corrected chi connectivity index (χ4v) is 0.661.